The molecule has 3 aromatic carbocycles. The minimum Gasteiger partial charge on any atom is -0.508 e. The summed E-state index contributed by atoms with van der Waals surface area (Å²) in [6, 6.07) is 17.0. The fraction of sp³-hybridized carbons (Fsp3) is 0.105. The Morgan fingerprint density at radius 2 is 1.83 bits per heavy atom. The van der Waals surface area contributed by atoms with Gasteiger partial charge in [-0.1, -0.05) is 30.3 Å². The average molecular weight is 325 g/mol. The third kappa shape index (κ3) is 3.30. The maximum absolute atomic E-state index is 12.6. The van der Waals surface area contributed by atoms with Crippen molar-refractivity contribution in [3.8, 4) is 11.5 Å². The molecule has 0 spiro atoms. The molecular formula is C19H16FNO3. The monoisotopic (exact) mass is 325 g/mol. The number of hydrogen-bond acceptors (Lipinski definition) is 3. The molecule has 0 saturated heterocycles. The van der Waals surface area contributed by atoms with Crippen LogP contribution in [0.25, 0.3) is 10.8 Å². The van der Waals surface area contributed by atoms with E-state index in [-0.39, 0.29) is 18.3 Å². The van der Waals surface area contributed by atoms with Crippen LogP contribution < -0.4 is 10.1 Å². The Balaban J connectivity index is 1.96. The zero-order chi connectivity index (χ0) is 16.9. The van der Waals surface area contributed by atoms with Gasteiger partial charge in [-0.2, -0.15) is 0 Å². The molecule has 0 atom stereocenters. The van der Waals surface area contributed by atoms with Crippen molar-refractivity contribution in [2.45, 2.75) is 0 Å². The number of benzene rings is 3. The van der Waals surface area contributed by atoms with Crippen LogP contribution in [0.3, 0.4) is 0 Å². The molecular weight excluding hydrogens is 309 g/mol. The number of rotatable bonds is 5. The molecule has 1 amide bonds. The predicted octanol–water partition coefficient (Wildman–Crippen LogP) is 4.15. The molecule has 0 fully saturated rings. The molecule has 0 radical (unpaired) electrons. The molecule has 3 aromatic rings. The number of anilines is 1. The number of alkyl halides is 1. The largest absolute Gasteiger partial charge is 0.508 e. The van der Waals surface area contributed by atoms with E-state index in [0.717, 1.165) is 5.39 Å². The summed E-state index contributed by atoms with van der Waals surface area (Å²) < 4.78 is 17.7. The molecule has 0 saturated carbocycles. The minimum atomic E-state index is -0.575. The maximum atomic E-state index is 12.6. The van der Waals surface area contributed by atoms with Crippen molar-refractivity contribution in [3.05, 3.63) is 66.2 Å². The molecule has 5 heteroatoms. The van der Waals surface area contributed by atoms with Crippen molar-refractivity contribution in [2.24, 2.45) is 0 Å². The van der Waals surface area contributed by atoms with Crippen LogP contribution in [-0.2, 0) is 0 Å². The summed E-state index contributed by atoms with van der Waals surface area (Å²) in [4.78, 5) is 12.6. The number of ether oxygens (including phenoxy) is 1. The van der Waals surface area contributed by atoms with Gasteiger partial charge in [0.25, 0.3) is 5.91 Å². The number of aromatic hydroxyl groups is 1. The third-order valence-corrected chi connectivity index (χ3v) is 3.57. The number of carbonyl (C=O) groups excluding carboxylic acids is 1. The fourth-order valence-corrected chi connectivity index (χ4v) is 2.53. The van der Waals surface area contributed by atoms with E-state index in [0.29, 0.717) is 22.4 Å². The summed E-state index contributed by atoms with van der Waals surface area (Å²) in [5.74, 6) is 0.318. The van der Waals surface area contributed by atoms with Crippen LogP contribution in [0.5, 0.6) is 11.5 Å². The second-order valence-electron chi connectivity index (χ2n) is 5.20. The van der Waals surface area contributed by atoms with Crippen molar-refractivity contribution < 1.29 is 19.0 Å². The number of amides is 1. The van der Waals surface area contributed by atoms with Gasteiger partial charge >= 0.3 is 0 Å². The van der Waals surface area contributed by atoms with Gasteiger partial charge in [-0.05, 0) is 29.7 Å². The van der Waals surface area contributed by atoms with E-state index in [2.05, 4.69) is 5.32 Å². The van der Waals surface area contributed by atoms with Crippen molar-refractivity contribution >= 4 is 22.4 Å². The van der Waals surface area contributed by atoms with E-state index in [9.17, 15) is 14.3 Å². The standard InChI is InChI=1S/C19H16FNO3/c20-10-11-24-18-9-8-17(15-6-1-2-7-16(15)18)19(23)21-13-4-3-5-14(22)12-13/h1-9,12,22H,10-11H2,(H,21,23). The molecule has 2 N–H and O–H groups in total. The first-order valence-corrected chi connectivity index (χ1v) is 7.50. The highest BCUT2D eigenvalue weighted by Gasteiger charge is 2.13. The number of halogens is 1. The van der Waals surface area contributed by atoms with Crippen LogP contribution in [0.4, 0.5) is 10.1 Å². The highest BCUT2D eigenvalue weighted by molar-refractivity contribution is 6.14. The molecule has 0 aliphatic carbocycles. The zero-order valence-electron chi connectivity index (χ0n) is 12.8. The Labute approximate surface area is 138 Å². The van der Waals surface area contributed by atoms with E-state index in [4.69, 9.17) is 4.74 Å². The van der Waals surface area contributed by atoms with Crippen LogP contribution in [0.1, 0.15) is 10.4 Å². The maximum Gasteiger partial charge on any atom is 0.256 e. The van der Waals surface area contributed by atoms with Gasteiger partial charge in [0, 0.05) is 22.7 Å². The molecule has 0 heterocycles. The lowest BCUT2D eigenvalue weighted by Gasteiger charge is -2.12. The summed E-state index contributed by atoms with van der Waals surface area (Å²) >= 11 is 0. The average Bonchev–Trinajstić information content (AvgIpc) is 2.59. The Bertz CT molecular complexity index is 879. The highest BCUT2D eigenvalue weighted by Crippen LogP contribution is 2.29. The summed E-state index contributed by atoms with van der Waals surface area (Å²) in [6.45, 7) is -0.604. The number of phenols is 1. The second kappa shape index (κ2) is 7.00. The lowest BCUT2D eigenvalue weighted by atomic mass is 10.0. The second-order valence-corrected chi connectivity index (χ2v) is 5.20. The van der Waals surface area contributed by atoms with Gasteiger partial charge in [0.15, 0.2) is 0 Å². The quantitative estimate of drug-likeness (QED) is 0.741. The molecule has 0 bridgehead atoms. The van der Waals surface area contributed by atoms with Crippen molar-refractivity contribution in [3.63, 3.8) is 0 Å². The first-order valence-electron chi connectivity index (χ1n) is 7.50. The lowest BCUT2D eigenvalue weighted by molar-refractivity contribution is 0.102. The van der Waals surface area contributed by atoms with E-state index >= 15 is 0 Å². The molecule has 0 aliphatic heterocycles. The molecule has 0 aliphatic rings. The Hall–Kier alpha value is -3.08. The first-order chi connectivity index (χ1) is 11.7. The third-order valence-electron chi connectivity index (χ3n) is 3.57. The summed E-state index contributed by atoms with van der Waals surface area (Å²) in [7, 11) is 0. The Morgan fingerprint density at radius 1 is 1.04 bits per heavy atom. The predicted molar refractivity (Wildman–Crippen MR) is 91.5 cm³/mol. The van der Waals surface area contributed by atoms with Crippen LogP contribution in [0.2, 0.25) is 0 Å². The summed E-state index contributed by atoms with van der Waals surface area (Å²) in [5, 5.41) is 13.7. The smallest absolute Gasteiger partial charge is 0.256 e. The number of phenolic OH excluding ortho intramolecular Hbond substituents is 1. The molecule has 3 rings (SSSR count). The summed E-state index contributed by atoms with van der Waals surface area (Å²) in [5.41, 5.74) is 0.975. The number of hydrogen-bond donors (Lipinski definition) is 2. The Kier molecular flexibility index (Phi) is 4.61. The molecule has 24 heavy (non-hydrogen) atoms. The van der Waals surface area contributed by atoms with E-state index in [1.165, 1.54) is 12.1 Å². The number of nitrogens with one attached hydrogen (secondary N) is 1. The van der Waals surface area contributed by atoms with Crippen LogP contribution in [0.15, 0.2) is 60.7 Å². The van der Waals surface area contributed by atoms with Crippen molar-refractivity contribution in [1.29, 1.82) is 0 Å². The van der Waals surface area contributed by atoms with E-state index in [1.807, 2.05) is 24.3 Å². The van der Waals surface area contributed by atoms with Gasteiger partial charge in [-0.25, -0.2) is 4.39 Å². The normalized spacial score (nSPS) is 10.5. The number of fused-ring (bicyclic) bond motifs is 1. The van der Waals surface area contributed by atoms with Crippen LogP contribution >= 0.6 is 0 Å². The molecule has 122 valence electrons. The Morgan fingerprint density at radius 3 is 2.58 bits per heavy atom. The topological polar surface area (TPSA) is 58.6 Å². The van der Waals surface area contributed by atoms with E-state index in [1.54, 1.807) is 24.3 Å². The van der Waals surface area contributed by atoms with Crippen LogP contribution in [-0.4, -0.2) is 24.3 Å². The van der Waals surface area contributed by atoms with Crippen molar-refractivity contribution in [1.82, 2.24) is 0 Å². The summed E-state index contributed by atoms with van der Waals surface area (Å²) in [6.07, 6.45) is 0. The minimum absolute atomic E-state index is 0.0289. The van der Waals surface area contributed by atoms with E-state index < -0.39 is 6.67 Å². The van der Waals surface area contributed by atoms with Gasteiger partial charge in [0.05, 0.1) is 0 Å². The van der Waals surface area contributed by atoms with Gasteiger partial charge < -0.3 is 15.2 Å². The number of carbonyl (C=O) groups is 1. The van der Waals surface area contributed by atoms with Crippen LogP contribution in [0, 0.1) is 0 Å². The first kappa shape index (κ1) is 15.8. The molecule has 0 aromatic heterocycles. The van der Waals surface area contributed by atoms with Crippen molar-refractivity contribution in [2.75, 3.05) is 18.6 Å². The SMILES string of the molecule is O=C(Nc1cccc(O)c1)c1ccc(OCCF)c2ccccc12. The van der Waals surface area contributed by atoms with Gasteiger partial charge in [0.2, 0.25) is 0 Å². The fourth-order valence-electron chi connectivity index (χ4n) is 2.53. The highest BCUT2D eigenvalue weighted by atomic mass is 19.1. The zero-order valence-corrected chi connectivity index (χ0v) is 12.8. The molecule has 0 unspecified atom stereocenters. The van der Waals surface area contributed by atoms with Gasteiger partial charge in [0.1, 0.15) is 24.8 Å². The lowest BCUT2D eigenvalue weighted by Crippen LogP contribution is -2.12. The molecule has 4 nitrogen and oxygen atoms in total. The van der Waals surface area contributed by atoms with Gasteiger partial charge in [-0.15, -0.1) is 0 Å². The van der Waals surface area contributed by atoms with Gasteiger partial charge in [-0.3, -0.25) is 4.79 Å².